The van der Waals surface area contributed by atoms with Gasteiger partial charge in [-0.05, 0) is 19.1 Å². The molecule has 1 aliphatic rings. The van der Waals surface area contributed by atoms with Gasteiger partial charge in [-0.25, -0.2) is 0 Å². The second kappa shape index (κ2) is 4.27. The molecule has 2 rings (SSSR count). The number of Topliss-reactive ketones (excluding diaryl/α,β-unsaturated/α-hetero) is 1. The van der Waals surface area contributed by atoms with Gasteiger partial charge in [0.2, 0.25) is 0 Å². The van der Waals surface area contributed by atoms with Crippen molar-refractivity contribution in [3.63, 3.8) is 0 Å². The Morgan fingerprint density at radius 3 is 2.57 bits per heavy atom. The van der Waals surface area contributed by atoms with Gasteiger partial charge in [-0.3, -0.25) is 4.79 Å². The molecule has 0 spiro atoms. The summed E-state index contributed by atoms with van der Waals surface area (Å²) in [4.78, 5) is 11.4. The number of hydrogen-bond donors (Lipinski definition) is 0. The van der Waals surface area contributed by atoms with Crippen molar-refractivity contribution < 1.29 is 4.79 Å². The van der Waals surface area contributed by atoms with E-state index in [1.54, 1.807) is 0 Å². The Morgan fingerprint density at radius 1 is 1.36 bits per heavy atom. The molecule has 2 heteroatoms. The SMILES string of the molecule is CC.Cc1cc2c(n1C)C=CCC2=O. The number of carbonyl (C=O) groups excluding carboxylic acids is 1. The van der Waals surface area contributed by atoms with E-state index in [0.29, 0.717) is 6.42 Å². The number of aryl methyl sites for hydroxylation is 1. The first-order chi connectivity index (χ1) is 6.70. The lowest BCUT2D eigenvalue weighted by Gasteiger charge is -2.05. The number of nitrogens with zero attached hydrogens (tertiary/aromatic N) is 1. The molecular formula is C12H17NO. The summed E-state index contributed by atoms with van der Waals surface area (Å²) in [6, 6.07) is 1.96. The number of allylic oxidation sites excluding steroid dienone is 1. The van der Waals surface area contributed by atoms with Gasteiger partial charge in [0.15, 0.2) is 5.78 Å². The van der Waals surface area contributed by atoms with Gasteiger partial charge in [-0.1, -0.05) is 19.9 Å². The first-order valence-electron chi connectivity index (χ1n) is 5.06. The third-order valence-corrected chi connectivity index (χ3v) is 2.40. The Morgan fingerprint density at radius 2 is 2.00 bits per heavy atom. The largest absolute Gasteiger partial charge is 0.348 e. The molecule has 2 nitrogen and oxygen atoms in total. The maximum atomic E-state index is 11.4. The smallest absolute Gasteiger partial charge is 0.168 e. The average Bonchev–Trinajstić information content (AvgIpc) is 2.50. The Balaban J connectivity index is 0.000000461. The van der Waals surface area contributed by atoms with Gasteiger partial charge in [-0.15, -0.1) is 0 Å². The van der Waals surface area contributed by atoms with Gasteiger partial charge >= 0.3 is 0 Å². The highest BCUT2D eigenvalue weighted by atomic mass is 16.1. The van der Waals surface area contributed by atoms with Crippen molar-refractivity contribution in [2.45, 2.75) is 27.2 Å². The molecule has 0 aromatic carbocycles. The summed E-state index contributed by atoms with van der Waals surface area (Å²) in [5.74, 6) is 0.233. The maximum absolute atomic E-state index is 11.4. The lowest BCUT2D eigenvalue weighted by Crippen LogP contribution is -2.04. The molecule has 0 saturated carbocycles. The molecule has 0 fully saturated rings. The number of rotatable bonds is 0. The van der Waals surface area contributed by atoms with Crippen molar-refractivity contribution >= 4 is 11.9 Å². The number of ketones is 1. The molecule has 1 heterocycles. The van der Waals surface area contributed by atoms with E-state index in [1.165, 1.54) is 0 Å². The van der Waals surface area contributed by atoms with Crippen LogP contribution in [0.4, 0.5) is 0 Å². The fourth-order valence-corrected chi connectivity index (χ4v) is 1.56. The molecule has 0 amide bonds. The van der Waals surface area contributed by atoms with Crippen LogP contribution in [0.2, 0.25) is 0 Å². The van der Waals surface area contributed by atoms with Crippen LogP contribution in [0.25, 0.3) is 6.08 Å². The second-order valence-corrected chi connectivity index (χ2v) is 3.17. The van der Waals surface area contributed by atoms with E-state index < -0.39 is 0 Å². The molecule has 0 atom stereocenters. The molecule has 0 bridgehead atoms. The van der Waals surface area contributed by atoms with Crippen LogP contribution >= 0.6 is 0 Å². The normalized spacial score (nSPS) is 13.3. The summed E-state index contributed by atoms with van der Waals surface area (Å²) >= 11 is 0. The molecular weight excluding hydrogens is 174 g/mol. The summed E-state index contributed by atoms with van der Waals surface area (Å²) in [6.07, 6.45) is 4.49. The Kier molecular flexibility index (Phi) is 3.28. The summed E-state index contributed by atoms with van der Waals surface area (Å²) in [5, 5.41) is 0. The van der Waals surface area contributed by atoms with E-state index in [2.05, 4.69) is 0 Å². The van der Waals surface area contributed by atoms with Crippen molar-refractivity contribution in [2.24, 2.45) is 7.05 Å². The highest BCUT2D eigenvalue weighted by molar-refractivity contribution is 6.02. The molecule has 0 aliphatic heterocycles. The zero-order valence-corrected chi connectivity index (χ0v) is 9.29. The van der Waals surface area contributed by atoms with Crippen LogP contribution in [0.5, 0.6) is 0 Å². The lowest BCUT2D eigenvalue weighted by atomic mass is 10.0. The van der Waals surface area contributed by atoms with Crippen LogP contribution in [0.1, 0.15) is 42.0 Å². The Hall–Kier alpha value is -1.31. The first kappa shape index (κ1) is 10.8. The molecule has 1 aliphatic carbocycles. The molecule has 0 N–H and O–H groups in total. The molecule has 0 unspecified atom stereocenters. The third kappa shape index (κ3) is 1.65. The van der Waals surface area contributed by atoms with E-state index in [1.807, 2.05) is 50.6 Å². The highest BCUT2D eigenvalue weighted by Gasteiger charge is 2.16. The number of aromatic nitrogens is 1. The van der Waals surface area contributed by atoms with E-state index in [-0.39, 0.29) is 5.78 Å². The van der Waals surface area contributed by atoms with Gasteiger partial charge < -0.3 is 4.57 Å². The average molecular weight is 191 g/mol. The third-order valence-electron chi connectivity index (χ3n) is 2.40. The fourth-order valence-electron chi connectivity index (χ4n) is 1.56. The molecule has 0 radical (unpaired) electrons. The predicted octanol–water partition coefficient (Wildman–Crippen LogP) is 2.96. The van der Waals surface area contributed by atoms with Crippen LogP contribution in [0.15, 0.2) is 12.1 Å². The number of carbonyl (C=O) groups is 1. The topological polar surface area (TPSA) is 22.0 Å². The Labute approximate surface area is 85.2 Å². The van der Waals surface area contributed by atoms with Gasteiger partial charge in [0.05, 0.1) is 5.69 Å². The fraction of sp³-hybridized carbons (Fsp3) is 0.417. The minimum Gasteiger partial charge on any atom is -0.348 e. The minimum absolute atomic E-state index is 0.233. The minimum atomic E-state index is 0.233. The highest BCUT2D eigenvalue weighted by Crippen LogP contribution is 2.21. The molecule has 1 aromatic rings. The summed E-state index contributed by atoms with van der Waals surface area (Å²) < 4.78 is 2.04. The maximum Gasteiger partial charge on any atom is 0.168 e. The molecule has 1 aromatic heterocycles. The van der Waals surface area contributed by atoms with Gasteiger partial charge in [0, 0.05) is 24.7 Å². The number of fused-ring (bicyclic) bond motifs is 1. The van der Waals surface area contributed by atoms with Crippen LogP contribution in [0.3, 0.4) is 0 Å². The van der Waals surface area contributed by atoms with Crippen LogP contribution in [-0.4, -0.2) is 10.4 Å². The van der Waals surface area contributed by atoms with E-state index >= 15 is 0 Å². The van der Waals surface area contributed by atoms with Gasteiger partial charge in [0.25, 0.3) is 0 Å². The van der Waals surface area contributed by atoms with Crippen molar-refractivity contribution in [1.82, 2.24) is 4.57 Å². The summed E-state index contributed by atoms with van der Waals surface area (Å²) in [5.41, 5.74) is 3.06. The quantitative estimate of drug-likeness (QED) is 0.618. The molecule has 14 heavy (non-hydrogen) atoms. The standard InChI is InChI=1S/C10H11NO.C2H6/c1-7-6-8-9(11(7)2)4-3-5-10(8)12;1-2/h3-4,6H,5H2,1-2H3;1-2H3. The van der Waals surface area contributed by atoms with Crippen LogP contribution in [-0.2, 0) is 7.05 Å². The predicted molar refractivity (Wildman–Crippen MR) is 59.5 cm³/mol. The zero-order chi connectivity index (χ0) is 10.7. The van der Waals surface area contributed by atoms with E-state index in [0.717, 1.165) is 17.0 Å². The van der Waals surface area contributed by atoms with E-state index in [9.17, 15) is 4.79 Å². The van der Waals surface area contributed by atoms with Crippen LogP contribution in [0, 0.1) is 6.92 Å². The number of hydrogen-bond acceptors (Lipinski definition) is 1. The lowest BCUT2D eigenvalue weighted by molar-refractivity contribution is 0.0994. The molecule has 0 saturated heterocycles. The van der Waals surface area contributed by atoms with Crippen molar-refractivity contribution in [3.05, 3.63) is 29.1 Å². The first-order valence-corrected chi connectivity index (χ1v) is 5.06. The summed E-state index contributed by atoms with van der Waals surface area (Å²) in [7, 11) is 1.98. The summed E-state index contributed by atoms with van der Waals surface area (Å²) in [6.45, 7) is 6.01. The monoisotopic (exact) mass is 191 g/mol. The van der Waals surface area contributed by atoms with Crippen molar-refractivity contribution in [2.75, 3.05) is 0 Å². The Bertz CT molecular complexity index is 372. The van der Waals surface area contributed by atoms with E-state index in [4.69, 9.17) is 0 Å². The van der Waals surface area contributed by atoms with Crippen molar-refractivity contribution in [1.29, 1.82) is 0 Å². The second-order valence-electron chi connectivity index (χ2n) is 3.17. The van der Waals surface area contributed by atoms with Crippen LogP contribution < -0.4 is 0 Å². The van der Waals surface area contributed by atoms with Crippen molar-refractivity contribution in [3.8, 4) is 0 Å². The van der Waals surface area contributed by atoms with Gasteiger partial charge in [0.1, 0.15) is 0 Å². The zero-order valence-electron chi connectivity index (χ0n) is 9.29. The molecule has 76 valence electrons. The van der Waals surface area contributed by atoms with Gasteiger partial charge in [-0.2, -0.15) is 0 Å².